The van der Waals surface area contributed by atoms with Crippen LogP contribution in [0.4, 0.5) is 10.1 Å². The van der Waals surface area contributed by atoms with Crippen LogP contribution in [0.5, 0.6) is 11.5 Å². The van der Waals surface area contributed by atoms with E-state index >= 15 is 0 Å². The average molecular weight is 499 g/mol. The molecule has 1 N–H and O–H groups in total. The molecule has 0 heterocycles. The third-order valence-corrected chi connectivity index (χ3v) is 7.83. The van der Waals surface area contributed by atoms with E-state index in [9.17, 15) is 17.6 Å². The van der Waals surface area contributed by atoms with Gasteiger partial charge in [0.05, 0.1) is 30.8 Å². The molecule has 0 spiro atoms. The molecule has 0 bridgehead atoms. The Kier molecular flexibility index (Phi) is 7.25. The first-order valence-electron chi connectivity index (χ1n) is 11.2. The topological polar surface area (TPSA) is 84.9 Å². The van der Waals surface area contributed by atoms with Crippen molar-refractivity contribution in [1.29, 1.82) is 0 Å². The zero-order valence-corrected chi connectivity index (χ0v) is 20.3. The number of methoxy groups -OCH3 is 2. The van der Waals surface area contributed by atoms with Crippen molar-refractivity contribution in [1.82, 2.24) is 5.32 Å². The van der Waals surface area contributed by atoms with Crippen LogP contribution in [0.15, 0.2) is 71.6 Å². The van der Waals surface area contributed by atoms with Gasteiger partial charge in [-0.25, -0.2) is 12.8 Å². The molecule has 0 aromatic heterocycles. The Balaban J connectivity index is 1.62. The van der Waals surface area contributed by atoms with Crippen LogP contribution in [-0.4, -0.2) is 35.1 Å². The molecule has 0 radical (unpaired) electrons. The van der Waals surface area contributed by atoms with Crippen LogP contribution in [0, 0.1) is 5.82 Å². The predicted molar refractivity (Wildman–Crippen MR) is 131 cm³/mol. The molecule has 184 valence electrons. The van der Waals surface area contributed by atoms with E-state index in [1.165, 1.54) is 49.6 Å². The zero-order chi connectivity index (χ0) is 25.0. The van der Waals surface area contributed by atoms with Gasteiger partial charge in [-0.05, 0) is 78.9 Å². The minimum absolute atomic E-state index is 0.0792. The molecule has 1 atom stereocenters. The fraction of sp³-hybridized carbons (Fsp3) is 0.269. The van der Waals surface area contributed by atoms with Gasteiger partial charge >= 0.3 is 0 Å². The minimum Gasteiger partial charge on any atom is -0.497 e. The third kappa shape index (κ3) is 5.24. The molecule has 1 amide bonds. The lowest BCUT2D eigenvalue weighted by molar-refractivity contribution is -0.120. The largest absolute Gasteiger partial charge is 0.497 e. The highest BCUT2D eigenvalue weighted by Crippen LogP contribution is 2.33. The van der Waals surface area contributed by atoms with Crippen molar-refractivity contribution in [2.24, 2.45) is 0 Å². The molecule has 9 heteroatoms. The summed E-state index contributed by atoms with van der Waals surface area (Å²) in [6.45, 7) is -0.572. The number of fused-ring (bicyclic) bond motifs is 1. The molecule has 1 unspecified atom stereocenters. The second-order valence-electron chi connectivity index (χ2n) is 8.22. The Hall–Kier alpha value is -3.59. The number of aryl methyl sites for hydroxylation is 1. The minimum atomic E-state index is -4.25. The summed E-state index contributed by atoms with van der Waals surface area (Å²) in [5.41, 5.74) is 1.85. The maximum absolute atomic E-state index is 14.7. The highest BCUT2D eigenvalue weighted by atomic mass is 32.2. The first-order valence-corrected chi connectivity index (χ1v) is 12.6. The molecule has 1 aliphatic rings. The maximum atomic E-state index is 14.7. The molecule has 0 fully saturated rings. The molecule has 0 saturated heterocycles. The van der Waals surface area contributed by atoms with Crippen molar-refractivity contribution < 1.29 is 27.1 Å². The third-order valence-electron chi connectivity index (χ3n) is 6.06. The number of hydrogen-bond donors (Lipinski definition) is 1. The normalized spacial score (nSPS) is 15.1. The summed E-state index contributed by atoms with van der Waals surface area (Å²) in [5, 5.41) is 2.95. The van der Waals surface area contributed by atoms with Crippen LogP contribution < -0.4 is 19.1 Å². The van der Waals surface area contributed by atoms with Gasteiger partial charge in [-0.3, -0.25) is 9.10 Å². The van der Waals surface area contributed by atoms with Gasteiger partial charge in [-0.1, -0.05) is 18.2 Å². The molecular formula is C26H27FN2O5S. The zero-order valence-electron chi connectivity index (χ0n) is 19.5. The van der Waals surface area contributed by atoms with Gasteiger partial charge in [0.15, 0.2) is 0 Å². The fourth-order valence-electron chi connectivity index (χ4n) is 4.27. The summed E-state index contributed by atoms with van der Waals surface area (Å²) < 4.78 is 52.9. The van der Waals surface area contributed by atoms with E-state index in [-0.39, 0.29) is 16.6 Å². The number of para-hydroxylation sites is 1. The quantitative estimate of drug-likeness (QED) is 0.502. The molecule has 4 rings (SSSR count). The molecule has 35 heavy (non-hydrogen) atoms. The summed E-state index contributed by atoms with van der Waals surface area (Å²) in [6, 6.07) is 16.7. The van der Waals surface area contributed by atoms with Crippen molar-refractivity contribution >= 4 is 21.6 Å². The van der Waals surface area contributed by atoms with Gasteiger partial charge in [-0.15, -0.1) is 0 Å². The summed E-state index contributed by atoms with van der Waals surface area (Å²) in [5.74, 6) is -0.0507. The first-order chi connectivity index (χ1) is 16.8. The van der Waals surface area contributed by atoms with Crippen molar-refractivity contribution in [3.63, 3.8) is 0 Å². The van der Waals surface area contributed by atoms with E-state index in [0.29, 0.717) is 5.75 Å². The predicted octanol–water partition coefficient (Wildman–Crippen LogP) is 4.23. The molecule has 0 aliphatic heterocycles. The van der Waals surface area contributed by atoms with E-state index in [0.717, 1.165) is 46.5 Å². The molecule has 0 saturated carbocycles. The Morgan fingerprint density at radius 3 is 2.40 bits per heavy atom. The number of rotatable bonds is 8. The molecule has 1 aliphatic carbocycles. The van der Waals surface area contributed by atoms with E-state index in [1.807, 2.05) is 18.2 Å². The highest BCUT2D eigenvalue weighted by Gasteiger charge is 2.30. The van der Waals surface area contributed by atoms with E-state index in [2.05, 4.69) is 5.32 Å². The van der Waals surface area contributed by atoms with Gasteiger partial charge in [0, 0.05) is 0 Å². The number of amides is 1. The number of hydrogen-bond acceptors (Lipinski definition) is 5. The number of benzene rings is 3. The van der Waals surface area contributed by atoms with Crippen LogP contribution in [0.1, 0.15) is 30.0 Å². The maximum Gasteiger partial charge on any atom is 0.264 e. The van der Waals surface area contributed by atoms with Gasteiger partial charge in [0.2, 0.25) is 5.91 Å². The van der Waals surface area contributed by atoms with Crippen molar-refractivity contribution in [3.05, 3.63) is 83.7 Å². The lowest BCUT2D eigenvalue weighted by Crippen LogP contribution is -2.42. The Morgan fingerprint density at radius 2 is 1.71 bits per heavy atom. The summed E-state index contributed by atoms with van der Waals surface area (Å²) in [4.78, 5) is 13.1. The SMILES string of the molecule is COc1ccc(S(=O)(=O)N(CC(=O)NC2CCCc3cc(OC)ccc32)c2ccccc2F)cc1. The van der Waals surface area contributed by atoms with E-state index in [1.54, 1.807) is 7.11 Å². The molecule has 3 aromatic rings. The van der Waals surface area contributed by atoms with Gasteiger partial charge in [-0.2, -0.15) is 0 Å². The average Bonchev–Trinajstić information content (AvgIpc) is 2.87. The van der Waals surface area contributed by atoms with Gasteiger partial charge in [0.1, 0.15) is 23.9 Å². The van der Waals surface area contributed by atoms with Crippen molar-refractivity contribution in [2.75, 3.05) is 25.1 Å². The number of nitrogens with zero attached hydrogens (tertiary/aromatic N) is 1. The Bertz CT molecular complexity index is 1310. The smallest absolute Gasteiger partial charge is 0.264 e. The number of carbonyl (C=O) groups excluding carboxylic acids is 1. The first kappa shape index (κ1) is 24.5. The van der Waals surface area contributed by atoms with Gasteiger partial charge < -0.3 is 14.8 Å². The van der Waals surface area contributed by atoms with Crippen molar-refractivity contribution in [3.8, 4) is 11.5 Å². The molecule has 7 nitrogen and oxygen atoms in total. The van der Waals surface area contributed by atoms with Crippen LogP contribution in [0.25, 0.3) is 0 Å². The van der Waals surface area contributed by atoms with Crippen LogP contribution in [0.3, 0.4) is 0 Å². The van der Waals surface area contributed by atoms with Crippen LogP contribution >= 0.6 is 0 Å². The van der Waals surface area contributed by atoms with E-state index < -0.39 is 28.3 Å². The monoisotopic (exact) mass is 498 g/mol. The highest BCUT2D eigenvalue weighted by molar-refractivity contribution is 7.92. The second kappa shape index (κ2) is 10.4. The van der Waals surface area contributed by atoms with Crippen LogP contribution in [0.2, 0.25) is 0 Å². The van der Waals surface area contributed by atoms with E-state index in [4.69, 9.17) is 9.47 Å². The Labute approximate surface area is 204 Å². The number of anilines is 1. The lowest BCUT2D eigenvalue weighted by atomic mass is 9.87. The number of ether oxygens (including phenoxy) is 2. The molecular weight excluding hydrogens is 471 g/mol. The standard InChI is InChI=1S/C26H27FN2O5S/c1-33-19-10-13-21(14-11-19)35(31,32)29(25-9-4-3-7-23(25)27)17-26(30)28-24-8-5-6-18-16-20(34-2)12-15-22(18)24/h3-4,7,9-16,24H,5-6,8,17H2,1-2H3,(H,28,30). The van der Waals surface area contributed by atoms with Crippen molar-refractivity contribution in [2.45, 2.75) is 30.2 Å². The fourth-order valence-corrected chi connectivity index (χ4v) is 5.70. The number of sulfonamides is 1. The second-order valence-corrected chi connectivity index (χ2v) is 10.1. The Morgan fingerprint density at radius 1 is 1.03 bits per heavy atom. The number of carbonyl (C=O) groups is 1. The lowest BCUT2D eigenvalue weighted by Gasteiger charge is -2.29. The summed E-state index contributed by atoms with van der Waals surface area (Å²) in [6.07, 6.45) is 2.45. The van der Waals surface area contributed by atoms with Crippen LogP contribution in [-0.2, 0) is 21.2 Å². The number of nitrogens with one attached hydrogen (secondary N) is 1. The molecule has 3 aromatic carbocycles. The summed E-state index contributed by atoms with van der Waals surface area (Å²) >= 11 is 0. The van der Waals surface area contributed by atoms with Gasteiger partial charge in [0.25, 0.3) is 10.0 Å². The summed E-state index contributed by atoms with van der Waals surface area (Å²) in [7, 11) is -1.17. The number of halogens is 1.